The zero-order valence-corrected chi connectivity index (χ0v) is 11.4. The Morgan fingerprint density at radius 3 is 2.89 bits per heavy atom. The summed E-state index contributed by atoms with van der Waals surface area (Å²) in [5.74, 6) is 0. The summed E-state index contributed by atoms with van der Waals surface area (Å²) in [6.45, 7) is 0.732. The van der Waals surface area contributed by atoms with Crippen LogP contribution < -0.4 is 0 Å². The lowest BCUT2D eigenvalue weighted by Crippen LogP contribution is -2.40. The highest BCUT2D eigenvalue weighted by Gasteiger charge is 2.37. The minimum atomic E-state index is 0.0191. The van der Waals surface area contributed by atoms with Crippen molar-refractivity contribution in [1.82, 2.24) is 14.5 Å². The quantitative estimate of drug-likeness (QED) is 0.692. The Labute approximate surface area is 116 Å². The third-order valence-electron chi connectivity index (χ3n) is 4.34. The van der Waals surface area contributed by atoms with Crippen LogP contribution >= 0.6 is 11.6 Å². The fourth-order valence-electron chi connectivity index (χ4n) is 3.52. The summed E-state index contributed by atoms with van der Waals surface area (Å²) in [7, 11) is 0. The van der Waals surface area contributed by atoms with Crippen molar-refractivity contribution >= 4 is 28.8 Å². The molecule has 0 N–H and O–H groups in total. The Kier molecular flexibility index (Phi) is 2.42. The summed E-state index contributed by atoms with van der Waals surface area (Å²) in [6.07, 6.45) is 10.1. The maximum atomic E-state index is 5.98. The molecule has 0 radical (unpaired) electrons. The van der Waals surface area contributed by atoms with Crippen LogP contribution in [0.1, 0.15) is 37.8 Å². The van der Waals surface area contributed by atoms with Gasteiger partial charge in [-0.3, -0.25) is 4.99 Å². The van der Waals surface area contributed by atoms with Gasteiger partial charge < -0.3 is 4.57 Å². The summed E-state index contributed by atoms with van der Waals surface area (Å²) < 4.78 is 2.36. The molecule has 2 aromatic heterocycles. The number of halogens is 1. The second-order valence-corrected chi connectivity index (χ2v) is 5.86. The van der Waals surface area contributed by atoms with Crippen molar-refractivity contribution < 1.29 is 0 Å². The van der Waals surface area contributed by atoms with Crippen LogP contribution in [0.25, 0.3) is 11.0 Å². The highest BCUT2D eigenvalue weighted by Crippen LogP contribution is 2.39. The first-order chi connectivity index (χ1) is 9.28. The summed E-state index contributed by atoms with van der Waals surface area (Å²) in [6, 6.07) is 2.15. The van der Waals surface area contributed by atoms with Crippen LogP contribution in [0.2, 0.25) is 5.28 Å². The van der Waals surface area contributed by atoms with Gasteiger partial charge in [0.1, 0.15) is 5.65 Å². The maximum Gasteiger partial charge on any atom is 0.224 e. The van der Waals surface area contributed by atoms with Crippen molar-refractivity contribution in [3.63, 3.8) is 0 Å². The second-order valence-electron chi connectivity index (χ2n) is 5.52. The predicted octanol–water partition coefficient (Wildman–Crippen LogP) is 3.33. The van der Waals surface area contributed by atoms with E-state index in [9.17, 15) is 0 Å². The first kappa shape index (κ1) is 11.4. The van der Waals surface area contributed by atoms with E-state index in [1.165, 1.54) is 25.0 Å². The molecule has 1 fully saturated rings. The molecule has 1 aliphatic heterocycles. The van der Waals surface area contributed by atoms with E-state index in [1.54, 1.807) is 0 Å². The average Bonchev–Trinajstić information content (AvgIpc) is 2.79. The molecule has 0 aromatic carbocycles. The fourth-order valence-corrected chi connectivity index (χ4v) is 3.65. The van der Waals surface area contributed by atoms with Crippen molar-refractivity contribution in [2.45, 2.75) is 44.2 Å². The topological polar surface area (TPSA) is 43.1 Å². The molecule has 1 spiro atoms. The van der Waals surface area contributed by atoms with Crippen molar-refractivity contribution in [2.24, 2.45) is 4.99 Å². The van der Waals surface area contributed by atoms with Gasteiger partial charge in [0.15, 0.2) is 0 Å². The van der Waals surface area contributed by atoms with Gasteiger partial charge in [-0.25, -0.2) is 4.98 Å². The lowest BCUT2D eigenvalue weighted by molar-refractivity contribution is 0.282. The molecule has 2 aromatic rings. The summed E-state index contributed by atoms with van der Waals surface area (Å²) >= 11 is 5.98. The molecule has 0 saturated heterocycles. The van der Waals surface area contributed by atoms with Gasteiger partial charge in [0.2, 0.25) is 5.28 Å². The number of hydrogen-bond donors (Lipinski definition) is 0. The van der Waals surface area contributed by atoms with Gasteiger partial charge in [0, 0.05) is 23.5 Å². The molecule has 2 aliphatic rings. The van der Waals surface area contributed by atoms with E-state index in [0.717, 1.165) is 30.4 Å². The van der Waals surface area contributed by atoms with E-state index in [2.05, 4.69) is 31.8 Å². The number of rotatable bonds is 0. The Morgan fingerprint density at radius 1 is 1.21 bits per heavy atom. The molecule has 19 heavy (non-hydrogen) atoms. The number of fused-ring (bicyclic) bond motifs is 4. The second kappa shape index (κ2) is 4.04. The van der Waals surface area contributed by atoms with Crippen LogP contribution in [0.15, 0.2) is 17.3 Å². The molecule has 0 amide bonds. The summed E-state index contributed by atoms with van der Waals surface area (Å²) in [5.41, 5.74) is 2.21. The monoisotopic (exact) mass is 274 g/mol. The van der Waals surface area contributed by atoms with Crippen LogP contribution in [0.3, 0.4) is 0 Å². The van der Waals surface area contributed by atoms with E-state index in [1.807, 2.05) is 6.20 Å². The Balaban J connectivity index is 1.99. The normalized spacial score (nSPS) is 20.9. The zero-order chi connectivity index (χ0) is 12.9. The number of nitrogens with zero attached hydrogens (tertiary/aromatic N) is 4. The minimum absolute atomic E-state index is 0.0191. The van der Waals surface area contributed by atoms with Gasteiger partial charge in [-0.15, -0.1) is 0 Å². The highest BCUT2D eigenvalue weighted by molar-refractivity contribution is 6.28. The smallest absolute Gasteiger partial charge is 0.224 e. The highest BCUT2D eigenvalue weighted by atomic mass is 35.5. The van der Waals surface area contributed by atoms with Crippen molar-refractivity contribution in [3.8, 4) is 0 Å². The van der Waals surface area contributed by atoms with E-state index in [4.69, 9.17) is 11.6 Å². The van der Waals surface area contributed by atoms with Crippen LogP contribution in [0.5, 0.6) is 0 Å². The molecule has 3 heterocycles. The van der Waals surface area contributed by atoms with Gasteiger partial charge in [0.05, 0.1) is 12.1 Å². The Hall–Kier alpha value is -1.42. The third-order valence-corrected chi connectivity index (χ3v) is 4.52. The van der Waals surface area contributed by atoms with Crippen LogP contribution in [0.4, 0.5) is 0 Å². The Bertz CT molecular complexity index is 667. The van der Waals surface area contributed by atoms with Crippen molar-refractivity contribution in [2.75, 3.05) is 0 Å². The first-order valence-corrected chi connectivity index (χ1v) is 7.21. The Morgan fingerprint density at radius 2 is 2.05 bits per heavy atom. The summed E-state index contributed by atoms with van der Waals surface area (Å²) in [4.78, 5) is 13.1. The van der Waals surface area contributed by atoms with E-state index in [0.29, 0.717) is 5.28 Å². The molecular weight excluding hydrogens is 260 g/mol. The molecule has 4 nitrogen and oxygen atoms in total. The van der Waals surface area contributed by atoms with E-state index < -0.39 is 0 Å². The molecule has 0 unspecified atom stereocenters. The molecule has 98 valence electrons. The molecular formula is C14H15ClN4. The van der Waals surface area contributed by atoms with E-state index >= 15 is 0 Å². The van der Waals surface area contributed by atoms with Crippen LogP contribution in [-0.2, 0) is 12.1 Å². The predicted molar refractivity (Wildman–Crippen MR) is 75.8 cm³/mol. The lowest BCUT2D eigenvalue weighted by Gasteiger charge is -2.39. The molecule has 0 bridgehead atoms. The molecule has 1 aliphatic carbocycles. The summed E-state index contributed by atoms with van der Waals surface area (Å²) in [5, 5.41) is 1.39. The van der Waals surface area contributed by atoms with E-state index in [-0.39, 0.29) is 5.54 Å². The number of aliphatic imine (C=N–C) groups is 1. The largest absolute Gasteiger partial charge is 0.316 e. The van der Waals surface area contributed by atoms with Gasteiger partial charge in [-0.1, -0.05) is 19.3 Å². The molecule has 1 saturated carbocycles. The molecule has 4 rings (SSSR count). The van der Waals surface area contributed by atoms with Crippen LogP contribution in [-0.4, -0.2) is 20.7 Å². The molecule has 0 atom stereocenters. The number of hydrogen-bond acceptors (Lipinski definition) is 3. The van der Waals surface area contributed by atoms with Gasteiger partial charge in [-0.05, 0) is 30.5 Å². The SMILES string of the molecule is Clc1ncc2cc3n(c2n1)C1(C=NC3)CCCCC1. The third kappa shape index (κ3) is 1.62. The lowest BCUT2D eigenvalue weighted by atomic mass is 9.81. The van der Waals surface area contributed by atoms with Crippen molar-refractivity contribution in [1.29, 1.82) is 0 Å². The van der Waals surface area contributed by atoms with Gasteiger partial charge in [0.25, 0.3) is 0 Å². The average molecular weight is 275 g/mol. The number of aromatic nitrogens is 3. The van der Waals surface area contributed by atoms with Crippen LogP contribution in [0, 0.1) is 0 Å². The first-order valence-electron chi connectivity index (χ1n) is 6.83. The van der Waals surface area contributed by atoms with Gasteiger partial charge >= 0.3 is 0 Å². The van der Waals surface area contributed by atoms with Crippen molar-refractivity contribution in [3.05, 3.63) is 23.2 Å². The minimum Gasteiger partial charge on any atom is -0.316 e. The zero-order valence-electron chi connectivity index (χ0n) is 10.6. The van der Waals surface area contributed by atoms with Gasteiger partial charge in [-0.2, -0.15) is 4.98 Å². The fraction of sp³-hybridized carbons (Fsp3) is 0.500. The molecule has 5 heteroatoms. The maximum absolute atomic E-state index is 5.98. The standard InChI is InChI=1S/C14H15ClN4/c15-13-17-7-10-6-11-8-16-9-14(4-2-1-3-5-14)19(11)12(10)18-13/h6-7,9H,1-5,8H2.